The van der Waals surface area contributed by atoms with E-state index in [1.165, 1.54) is 4.90 Å². The van der Waals surface area contributed by atoms with Gasteiger partial charge in [0, 0.05) is 13.0 Å². The Bertz CT molecular complexity index is 867. The number of carbonyl (C=O) groups is 2. The lowest BCUT2D eigenvalue weighted by atomic mass is 10.0. The van der Waals surface area contributed by atoms with E-state index in [2.05, 4.69) is 10.3 Å². The first-order valence-corrected chi connectivity index (χ1v) is 10.7. The van der Waals surface area contributed by atoms with E-state index < -0.39 is 18.2 Å². The molecular formula is C21H28N4O3S. The average molecular weight is 417 g/mol. The number of carbonyl (C=O) groups excluding carboxylic acids is 2. The van der Waals surface area contributed by atoms with Gasteiger partial charge in [-0.3, -0.25) is 9.59 Å². The van der Waals surface area contributed by atoms with E-state index in [-0.39, 0.29) is 30.8 Å². The summed E-state index contributed by atoms with van der Waals surface area (Å²) in [5.74, 6) is -0.561. The Kier molecular flexibility index (Phi) is 6.66. The third-order valence-electron chi connectivity index (χ3n) is 5.40. The summed E-state index contributed by atoms with van der Waals surface area (Å²) < 4.78 is 0. The Hall–Kier alpha value is -2.29. The molecule has 3 rings (SSSR count). The van der Waals surface area contributed by atoms with Crippen LogP contribution < -0.4 is 11.1 Å². The van der Waals surface area contributed by atoms with E-state index in [0.717, 1.165) is 21.7 Å². The van der Waals surface area contributed by atoms with Crippen molar-refractivity contribution in [3.8, 4) is 10.4 Å². The fourth-order valence-electron chi connectivity index (χ4n) is 3.59. The minimum Gasteiger partial charge on any atom is -0.391 e. The first-order chi connectivity index (χ1) is 13.8. The molecule has 4 N–H and O–H groups in total. The minimum atomic E-state index is -0.712. The second-order valence-electron chi connectivity index (χ2n) is 7.53. The van der Waals surface area contributed by atoms with E-state index in [1.54, 1.807) is 11.3 Å². The molecule has 0 spiro atoms. The summed E-state index contributed by atoms with van der Waals surface area (Å²) >= 11 is 1.60. The Morgan fingerprint density at radius 1 is 1.38 bits per heavy atom. The van der Waals surface area contributed by atoms with Gasteiger partial charge in [-0.25, -0.2) is 4.98 Å². The maximum absolute atomic E-state index is 12.8. The highest BCUT2D eigenvalue weighted by molar-refractivity contribution is 7.13. The van der Waals surface area contributed by atoms with Gasteiger partial charge in [-0.1, -0.05) is 31.2 Å². The number of hydrogen-bond acceptors (Lipinski definition) is 6. The van der Waals surface area contributed by atoms with Crippen LogP contribution in [0.1, 0.15) is 44.0 Å². The fourth-order valence-corrected chi connectivity index (χ4v) is 4.40. The van der Waals surface area contributed by atoms with E-state index in [4.69, 9.17) is 5.73 Å². The van der Waals surface area contributed by atoms with Gasteiger partial charge < -0.3 is 21.1 Å². The third kappa shape index (κ3) is 4.66. The number of thiazole rings is 1. The highest BCUT2D eigenvalue weighted by atomic mass is 32.1. The number of aromatic nitrogens is 1. The van der Waals surface area contributed by atoms with Crippen LogP contribution >= 0.6 is 11.3 Å². The van der Waals surface area contributed by atoms with Crippen LogP contribution in [0.5, 0.6) is 0 Å². The van der Waals surface area contributed by atoms with Crippen molar-refractivity contribution in [1.29, 1.82) is 0 Å². The van der Waals surface area contributed by atoms with Gasteiger partial charge >= 0.3 is 0 Å². The van der Waals surface area contributed by atoms with Crippen LogP contribution in [0.2, 0.25) is 0 Å². The quantitative estimate of drug-likeness (QED) is 0.667. The molecule has 2 heterocycles. The van der Waals surface area contributed by atoms with Crippen LogP contribution in [0.15, 0.2) is 29.8 Å². The van der Waals surface area contributed by atoms with Crippen molar-refractivity contribution in [3.63, 3.8) is 0 Å². The number of β-amino-alcohol motifs (C(OH)–C–C–N with tert-alkyl or cyclic N) is 1. The zero-order chi connectivity index (χ0) is 21.1. The van der Waals surface area contributed by atoms with Crippen molar-refractivity contribution in [2.45, 2.75) is 57.8 Å². The van der Waals surface area contributed by atoms with Gasteiger partial charge in [-0.15, -0.1) is 11.3 Å². The minimum absolute atomic E-state index is 0.141. The van der Waals surface area contributed by atoms with Crippen LogP contribution in [-0.4, -0.2) is 51.5 Å². The lowest BCUT2D eigenvalue weighted by Gasteiger charge is -2.27. The predicted octanol–water partition coefficient (Wildman–Crippen LogP) is 1.99. The summed E-state index contributed by atoms with van der Waals surface area (Å²) in [6.45, 7) is 5.85. The molecule has 1 aliphatic rings. The van der Waals surface area contributed by atoms with Crippen molar-refractivity contribution < 1.29 is 14.7 Å². The largest absolute Gasteiger partial charge is 0.391 e. The van der Waals surface area contributed by atoms with Crippen LogP contribution in [0.4, 0.5) is 0 Å². The van der Waals surface area contributed by atoms with E-state index >= 15 is 0 Å². The number of benzene rings is 1. The molecule has 8 heteroatoms. The number of nitrogens with one attached hydrogen (secondary N) is 1. The standard InChI is InChI=1S/C21H28N4O3S/c1-4-17(22)21(28)25-10-16(26)9-18(25)20(27)24-12(2)14-5-7-15(8-6-14)19-13(3)23-11-29-19/h5-8,11-12,16-18,26H,4,9-10,22H2,1-3H3,(H,24,27)/t12-,16+,17-,18-/m0/s1. The monoisotopic (exact) mass is 416 g/mol. The number of nitrogens with two attached hydrogens (primary N) is 1. The number of hydrogen-bond donors (Lipinski definition) is 3. The molecule has 0 unspecified atom stereocenters. The van der Waals surface area contributed by atoms with Crippen molar-refractivity contribution in [3.05, 3.63) is 41.0 Å². The number of rotatable bonds is 6. The molecule has 0 radical (unpaired) electrons. The van der Waals surface area contributed by atoms with E-state index in [1.807, 2.05) is 50.5 Å². The average Bonchev–Trinajstić information content (AvgIpc) is 3.32. The molecule has 2 amide bonds. The van der Waals surface area contributed by atoms with Crippen LogP contribution in [0.3, 0.4) is 0 Å². The Balaban J connectivity index is 1.68. The molecule has 0 bridgehead atoms. The van der Waals surface area contributed by atoms with Gasteiger partial charge in [0.15, 0.2) is 0 Å². The second kappa shape index (κ2) is 9.02. The van der Waals surface area contributed by atoms with Crippen molar-refractivity contribution in [2.24, 2.45) is 5.73 Å². The predicted molar refractivity (Wildman–Crippen MR) is 113 cm³/mol. The molecular weight excluding hydrogens is 388 g/mol. The van der Waals surface area contributed by atoms with Crippen molar-refractivity contribution >= 4 is 23.2 Å². The number of nitrogens with zero attached hydrogens (tertiary/aromatic N) is 2. The summed E-state index contributed by atoms with van der Waals surface area (Å²) in [6.07, 6.45) is 0.00231. The number of aliphatic hydroxyl groups is 1. The van der Waals surface area contributed by atoms with Crippen molar-refractivity contribution in [1.82, 2.24) is 15.2 Å². The van der Waals surface area contributed by atoms with E-state index in [0.29, 0.717) is 6.42 Å². The number of aryl methyl sites for hydroxylation is 1. The summed E-state index contributed by atoms with van der Waals surface area (Å²) in [6, 6.07) is 6.43. The highest BCUT2D eigenvalue weighted by Crippen LogP contribution is 2.28. The Labute approximate surface area is 174 Å². The molecule has 1 aliphatic heterocycles. The first-order valence-electron chi connectivity index (χ1n) is 9.86. The molecule has 1 aromatic heterocycles. The summed E-state index contributed by atoms with van der Waals surface area (Å²) in [7, 11) is 0. The van der Waals surface area contributed by atoms with Gasteiger partial charge in [-0.05, 0) is 31.4 Å². The molecule has 0 saturated carbocycles. The van der Waals surface area contributed by atoms with Gasteiger partial charge in [0.1, 0.15) is 6.04 Å². The lowest BCUT2D eigenvalue weighted by Crippen LogP contribution is -2.51. The Morgan fingerprint density at radius 2 is 2.07 bits per heavy atom. The molecule has 0 aliphatic carbocycles. The number of likely N-dealkylation sites (tertiary alicyclic amines) is 1. The zero-order valence-electron chi connectivity index (χ0n) is 17.0. The van der Waals surface area contributed by atoms with Crippen LogP contribution in [-0.2, 0) is 9.59 Å². The maximum atomic E-state index is 12.8. The second-order valence-corrected chi connectivity index (χ2v) is 8.38. The van der Waals surface area contributed by atoms with Gasteiger partial charge in [0.2, 0.25) is 11.8 Å². The van der Waals surface area contributed by atoms with Gasteiger partial charge in [0.05, 0.1) is 34.3 Å². The SMILES string of the molecule is CC[C@H](N)C(=O)N1C[C@H](O)C[C@H]1C(=O)N[C@@H](C)c1ccc(-c2scnc2C)cc1. The zero-order valence-corrected chi connectivity index (χ0v) is 17.8. The first kappa shape index (κ1) is 21.4. The molecule has 1 aromatic carbocycles. The Morgan fingerprint density at radius 3 is 2.66 bits per heavy atom. The van der Waals surface area contributed by atoms with Gasteiger partial charge in [-0.2, -0.15) is 0 Å². The van der Waals surface area contributed by atoms with E-state index in [9.17, 15) is 14.7 Å². The van der Waals surface area contributed by atoms with Crippen LogP contribution in [0.25, 0.3) is 10.4 Å². The van der Waals surface area contributed by atoms with Crippen LogP contribution in [0, 0.1) is 6.92 Å². The topological polar surface area (TPSA) is 109 Å². The molecule has 156 valence electrons. The molecule has 2 aromatic rings. The maximum Gasteiger partial charge on any atom is 0.243 e. The van der Waals surface area contributed by atoms with Crippen molar-refractivity contribution in [2.75, 3.05) is 6.54 Å². The summed E-state index contributed by atoms with van der Waals surface area (Å²) in [4.78, 5) is 32.1. The third-order valence-corrected chi connectivity index (χ3v) is 6.38. The smallest absolute Gasteiger partial charge is 0.243 e. The fraction of sp³-hybridized carbons (Fsp3) is 0.476. The molecule has 7 nitrogen and oxygen atoms in total. The lowest BCUT2D eigenvalue weighted by molar-refractivity contribution is -0.139. The normalized spacial score (nSPS) is 21.1. The molecule has 4 atom stereocenters. The number of amides is 2. The molecule has 1 fully saturated rings. The summed E-state index contributed by atoms with van der Waals surface area (Å²) in [5.41, 5.74) is 10.7. The molecule has 29 heavy (non-hydrogen) atoms. The van der Waals surface area contributed by atoms with Gasteiger partial charge in [0.25, 0.3) is 0 Å². The molecule has 1 saturated heterocycles. The summed E-state index contributed by atoms with van der Waals surface area (Å²) in [5, 5.41) is 13.0. The highest BCUT2D eigenvalue weighted by Gasteiger charge is 2.40. The number of aliphatic hydroxyl groups excluding tert-OH is 1.